The summed E-state index contributed by atoms with van der Waals surface area (Å²) in [6, 6.07) is 0. The molecule has 0 heterocycles. The molecule has 0 amide bonds. The molecule has 0 radical (unpaired) electrons. The summed E-state index contributed by atoms with van der Waals surface area (Å²) in [6.45, 7) is 4.34. The summed E-state index contributed by atoms with van der Waals surface area (Å²) in [4.78, 5) is 27.4. The Morgan fingerprint density at radius 3 is 1.35 bits per heavy atom. The number of hydrogen-bond acceptors (Lipinski definition) is 4. The van der Waals surface area contributed by atoms with Crippen molar-refractivity contribution in [2.75, 3.05) is 0 Å². The monoisotopic (exact) mass is 436 g/mol. The van der Waals surface area contributed by atoms with Crippen LogP contribution in [0.5, 0.6) is 0 Å². The molecule has 0 aromatic carbocycles. The second-order valence-electron chi connectivity index (χ2n) is 6.68. The van der Waals surface area contributed by atoms with Gasteiger partial charge in [0.05, 0.1) is 0 Å². The van der Waals surface area contributed by atoms with Gasteiger partial charge in [-0.1, -0.05) is 0 Å². The van der Waals surface area contributed by atoms with E-state index in [1.807, 2.05) is 9.88 Å². The fourth-order valence-corrected chi connectivity index (χ4v) is 6.25. The molecular weight excluding hydrogens is 399 g/mol. The van der Waals surface area contributed by atoms with Gasteiger partial charge in [0.1, 0.15) is 0 Å². The van der Waals surface area contributed by atoms with Gasteiger partial charge in [0.15, 0.2) is 0 Å². The molecule has 0 spiro atoms. The Bertz CT molecular complexity index is 299. The molecule has 5 heteroatoms. The summed E-state index contributed by atoms with van der Waals surface area (Å²) < 4.78 is 11.0. The molecule has 4 nitrogen and oxygen atoms in total. The molecule has 0 unspecified atom stereocenters. The van der Waals surface area contributed by atoms with E-state index in [1.165, 1.54) is 38.5 Å². The average molecular weight is 435 g/mol. The molecule has 0 aliphatic carbocycles. The summed E-state index contributed by atoms with van der Waals surface area (Å²) in [7, 11) is 0. The van der Waals surface area contributed by atoms with Crippen molar-refractivity contribution >= 4 is 31.1 Å². The summed E-state index contributed by atoms with van der Waals surface area (Å²) in [6.07, 6.45) is 11.9. The van der Waals surface area contributed by atoms with Crippen molar-refractivity contribution in [1.82, 2.24) is 0 Å². The molecule has 0 rings (SSSR count). The van der Waals surface area contributed by atoms with Gasteiger partial charge < -0.3 is 0 Å². The van der Waals surface area contributed by atoms with E-state index in [2.05, 4.69) is 13.8 Å². The zero-order valence-corrected chi connectivity index (χ0v) is 18.5. The number of carbonyl (C=O) groups is 2. The Balaban J connectivity index is 3.83. The second-order valence-corrected chi connectivity index (χ2v) is 15.8. The average Bonchev–Trinajstić information content (AvgIpc) is 2.45. The van der Waals surface area contributed by atoms with Gasteiger partial charge in [0.25, 0.3) is 0 Å². The molecule has 136 valence electrons. The Morgan fingerprint density at radius 1 is 0.652 bits per heavy atom. The van der Waals surface area contributed by atoms with Crippen LogP contribution in [0.2, 0.25) is 9.88 Å². The van der Waals surface area contributed by atoms with Crippen molar-refractivity contribution in [2.45, 2.75) is 101 Å². The molecule has 0 aliphatic rings. The Kier molecular flexibility index (Phi) is 14.0. The number of hydrogen-bond donors (Lipinski definition) is 0. The second kappa shape index (κ2) is 14.1. The van der Waals surface area contributed by atoms with Gasteiger partial charge in [-0.25, -0.2) is 0 Å². The van der Waals surface area contributed by atoms with E-state index >= 15 is 0 Å². The van der Waals surface area contributed by atoms with Crippen LogP contribution in [0.25, 0.3) is 0 Å². The fourth-order valence-electron chi connectivity index (χ4n) is 2.42. The molecule has 23 heavy (non-hydrogen) atoms. The fraction of sp³-hybridized carbons (Fsp3) is 0.889. The number of unbranched alkanes of at least 4 members (excludes halogenated alkanes) is 8. The van der Waals surface area contributed by atoms with Crippen molar-refractivity contribution in [2.24, 2.45) is 0 Å². The molecular formula is C18H36O4Sn. The standard InChI is InChI=1S/2C8H16O2.2CH3.Sn/c2*1-2-3-4-5-6-7-8(9)10;;;/h2*2-7H2,1H3,(H,9,10);2*1H3;/q;;;;+2/p-2. The van der Waals surface area contributed by atoms with Gasteiger partial charge in [-0.05, 0) is 0 Å². The zero-order valence-electron chi connectivity index (χ0n) is 15.6. The van der Waals surface area contributed by atoms with E-state index in [4.69, 9.17) is 6.15 Å². The number of rotatable bonds is 14. The van der Waals surface area contributed by atoms with Crippen molar-refractivity contribution in [3.63, 3.8) is 0 Å². The summed E-state index contributed by atoms with van der Waals surface area (Å²) in [5.41, 5.74) is 0. The summed E-state index contributed by atoms with van der Waals surface area (Å²) >= 11 is -3.45. The van der Waals surface area contributed by atoms with E-state index in [0.29, 0.717) is 12.8 Å². The summed E-state index contributed by atoms with van der Waals surface area (Å²) in [5, 5.41) is 0. The van der Waals surface area contributed by atoms with E-state index in [-0.39, 0.29) is 11.9 Å². The molecule has 0 aromatic rings. The van der Waals surface area contributed by atoms with Gasteiger partial charge in [-0.2, -0.15) is 0 Å². The summed E-state index contributed by atoms with van der Waals surface area (Å²) in [5.74, 6) is -0.393. The molecule has 0 N–H and O–H groups in total. The molecule has 0 saturated carbocycles. The maximum atomic E-state index is 11.8. The van der Waals surface area contributed by atoms with Gasteiger partial charge >= 0.3 is 148 Å². The van der Waals surface area contributed by atoms with Gasteiger partial charge in [0.2, 0.25) is 0 Å². The van der Waals surface area contributed by atoms with Crippen LogP contribution in [-0.4, -0.2) is 31.1 Å². The molecule has 0 aromatic heterocycles. The van der Waals surface area contributed by atoms with Crippen molar-refractivity contribution in [3.05, 3.63) is 0 Å². The Labute approximate surface area is 147 Å². The molecule has 0 aliphatic heterocycles. The van der Waals surface area contributed by atoms with Crippen molar-refractivity contribution in [1.29, 1.82) is 0 Å². The van der Waals surface area contributed by atoms with Gasteiger partial charge in [-0.15, -0.1) is 0 Å². The number of carbonyl (C=O) groups excluding carboxylic acids is 2. The third-order valence-corrected chi connectivity index (χ3v) is 7.79. The minimum absolute atomic E-state index is 0.196. The van der Waals surface area contributed by atoms with Crippen LogP contribution in [0, 0.1) is 0 Å². The zero-order chi connectivity index (χ0) is 17.6. The first-order chi connectivity index (χ1) is 10.9. The van der Waals surface area contributed by atoms with Crippen LogP contribution in [0.15, 0.2) is 0 Å². The molecule has 0 saturated heterocycles. The van der Waals surface area contributed by atoms with Crippen LogP contribution < -0.4 is 0 Å². The molecule has 0 fully saturated rings. The van der Waals surface area contributed by atoms with Crippen LogP contribution in [0.4, 0.5) is 0 Å². The van der Waals surface area contributed by atoms with E-state index in [9.17, 15) is 9.59 Å². The van der Waals surface area contributed by atoms with Gasteiger partial charge in [-0.3, -0.25) is 0 Å². The SMILES string of the molecule is CCCCCCCC(=O)[O][Sn]([CH3])([CH3])[O]C(=O)CCCCCCC. The van der Waals surface area contributed by atoms with Crippen LogP contribution >= 0.6 is 0 Å². The molecule has 0 atom stereocenters. The topological polar surface area (TPSA) is 52.6 Å². The quantitative estimate of drug-likeness (QED) is 0.267. The van der Waals surface area contributed by atoms with Crippen molar-refractivity contribution in [3.8, 4) is 0 Å². The van der Waals surface area contributed by atoms with Crippen molar-refractivity contribution < 1.29 is 15.7 Å². The van der Waals surface area contributed by atoms with Crippen LogP contribution in [-0.2, 0) is 15.7 Å². The first-order valence-corrected chi connectivity index (χ1v) is 17.4. The van der Waals surface area contributed by atoms with Crippen LogP contribution in [0.3, 0.4) is 0 Å². The predicted molar refractivity (Wildman–Crippen MR) is 96.4 cm³/mol. The Hall–Kier alpha value is -0.261. The van der Waals surface area contributed by atoms with Crippen LogP contribution in [0.1, 0.15) is 90.9 Å². The first-order valence-electron chi connectivity index (χ1n) is 9.35. The molecule has 0 bridgehead atoms. The predicted octanol–water partition coefficient (Wildman–Crippen LogP) is 5.50. The first kappa shape index (κ1) is 22.7. The Morgan fingerprint density at radius 2 is 1.00 bits per heavy atom. The van der Waals surface area contributed by atoms with Gasteiger partial charge in [0, 0.05) is 0 Å². The van der Waals surface area contributed by atoms with E-state index in [1.54, 1.807) is 0 Å². The normalized spacial score (nSPS) is 11.3. The maximum absolute atomic E-state index is 11.8. The van der Waals surface area contributed by atoms with E-state index < -0.39 is 19.2 Å². The minimum atomic E-state index is -3.45. The van der Waals surface area contributed by atoms with E-state index in [0.717, 1.165) is 25.7 Å². The third kappa shape index (κ3) is 15.0. The third-order valence-electron chi connectivity index (χ3n) is 3.69.